The highest BCUT2D eigenvalue weighted by Crippen LogP contribution is 2.27. The molecule has 0 saturated heterocycles. The van der Waals surface area contributed by atoms with E-state index in [1.165, 1.54) is 0 Å². The van der Waals surface area contributed by atoms with Crippen LogP contribution in [-0.4, -0.2) is 4.98 Å². The summed E-state index contributed by atoms with van der Waals surface area (Å²) >= 11 is 6.19. The van der Waals surface area contributed by atoms with Crippen molar-refractivity contribution in [3.63, 3.8) is 0 Å². The van der Waals surface area contributed by atoms with E-state index in [4.69, 9.17) is 11.6 Å². The summed E-state index contributed by atoms with van der Waals surface area (Å²) in [5, 5.41) is 5.07. The molecule has 0 spiro atoms. The van der Waals surface area contributed by atoms with Crippen LogP contribution in [-0.2, 0) is 0 Å². The maximum atomic E-state index is 6.19. The third-order valence-corrected chi connectivity index (χ3v) is 3.45. The second-order valence-electron chi connectivity index (χ2n) is 4.46. The maximum Gasteiger partial charge on any atom is 0.0936 e. The van der Waals surface area contributed by atoms with E-state index in [1.807, 2.05) is 54.6 Å². The van der Waals surface area contributed by atoms with Crippen molar-refractivity contribution in [1.29, 1.82) is 0 Å². The molecule has 0 aliphatic heterocycles. The SMILES string of the molecule is C=C(Nc1cccc2cccnc12)c1ccccc1Cl. The van der Waals surface area contributed by atoms with Gasteiger partial charge in [-0.05, 0) is 18.2 Å². The van der Waals surface area contributed by atoms with Crippen LogP contribution < -0.4 is 5.32 Å². The smallest absolute Gasteiger partial charge is 0.0936 e. The number of pyridine rings is 1. The third-order valence-electron chi connectivity index (χ3n) is 3.12. The molecule has 2 nitrogen and oxygen atoms in total. The number of benzene rings is 2. The van der Waals surface area contributed by atoms with Crippen molar-refractivity contribution in [2.24, 2.45) is 0 Å². The van der Waals surface area contributed by atoms with E-state index in [0.717, 1.165) is 27.9 Å². The zero-order chi connectivity index (χ0) is 13.9. The van der Waals surface area contributed by atoms with Crippen molar-refractivity contribution in [2.75, 3.05) is 5.32 Å². The van der Waals surface area contributed by atoms with Crippen LogP contribution in [0.4, 0.5) is 5.69 Å². The number of fused-ring (bicyclic) bond motifs is 1. The standard InChI is InChI=1S/C17H13ClN2/c1-12(14-8-2-3-9-15(14)18)20-16-10-4-6-13-7-5-11-19-17(13)16/h2-11,20H,1H2. The molecular formula is C17H13ClN2. The lowest BCUT2D eigenvalue weighted by atomic mass is 10.1. The molecule has 1 aromatic heterocycles. The Kier molecular flexibility index (Phi) is 3.40. The molecule has 1 N–H and O–H groups in total. The van der Waals surface area contributed by atoms with Gasteiger partial charge in [0.25, 0.3) is 0 Å². The average molecular weight is 281 g/mol. The van der Waals surface area contributed by atoms with Crippen LogP contribution in [0.15, 0.2) is 67.4 Å². The molecule has 3 aromatic rings. The number of para-hydroxylation sites is 1. The quantitative estimate of drug-likeness (QED) is 0.732. The fourth-order valence-corrected chi connectivity index (χ4v) is 2.39. The number of aromatic nitrogens is 1. The molecule has 0 amide bonds. The fourth-order valence-electron chi connectivity index (χ4n) is 2.14. The lowest BCUT2D eigenvalue weighted by Crippen LogP contribution is -1.99. The Labute approximate surface area is 122 Å². The molecule has 98 valence electrons. The van der Waals surface area contributed by atoms with Gasteiger partial charge in [-0.15, -0.1) is 0 Å². The maximum absolute atomic E-state index is 6.19. The van der Waals surface area contributed by atoms with Gasteiger partial charge in [0, 0.05) is 27.9 Å². The molecule has 0 aliphatic rings. The Bertz CT molecular complexity index is 775. The summed E-state index contributed by atoms with van der Waals surface area (Å²) in [5.74, 6) is 0. The highest BCUT2D eigenvalue weighted by Gasteiger charge is 2.06. The Balaban J connectivity index is 1.98. The van der Waals surface area contributed by atoms with Crippen molar-refractivity contribution in [2.45, 2.75) is 0 Å². The minimum absolute atomic E-state index is 0.679. The number of hydrogen-bond donors (Lipinski definition) is 1. The van der Waals surface area contributed by atoms with Crippen LogP contribution in [0.25, 0.3) is 16.6 Å². The number of rotatable bonds is 3. The highest BCUT2D eigenvalue weighted by atomic mass is 35.5. The minimum atomic E-state index is 0.679. The second kappa shape index (κ2) is 5.35. The minimum Gasteiger partial charge on any atom is -0.354 e. The van der Waals surface area contributed by atoms with Gasteiger partial charge < -0.3 is 5.32 Å². The van der Waals surface area contributed by atoms with Gasteiger partial charge in [0.15, 0.2) is 0 Å². The number of nitrogens with one attached hydrogen (secondary N) is 1. The summed E-state index contributed by atoms with van der Waals surface area (Å²) < 4.78 is 0. The molecule has 0 saturated carbocycles. The molecule has 1 heterocycles. The number of anilines is 1. The molecule has 0 atom stereocenters. The summed E-state index contributed by atoms with van der Waals surface area (Å²) in [7, 11) is 0. The predicted octanol–water partition coefficient (Wildman–Crippen LogP) is 4.97. The van der Waals surface area contributed by atoms with Crippen molar-refractivity contribution < 1.29 is 0 Å². The van der Waals surface area contributed by atoms with Gasteiger partial charge in [0.2, 0.25) is 0 Å². The van der Waals surface area contributed by atoms with E-state index < -0.39 is 0 Å². The lowest BCUT2D eigenvalue weighted by Gasteiger charge is -2.12. The van der Waals surface area contributed by atoms with Crippen molar-refractivity contribution in [3.8, 4) is 0 Å². The van der Waals surface area contributed by atoms with Gasteiger partial charge >= 0.3 is 0 Å². The molecule has 0 radical (unpaired) electrons. The molecule has 3 heteroatoms. The van der Waals surface area contributed by atoms with Crippen LogP contribution in [0, 0.1) is 0 Å². The number of nitrogens with zero attached hydrogens (tertiary/aromatic N) is 1. The zero-order valence-corrected chi connectivity index (χ0v) is 11.6. The first-order valence-electron chi connectivity index (χ1n) is 6.30. The van der Waals surface area contributed by atoms with E-state index in [9.17, 15) is 0 Å². The van der Waals surface area contributed by atoms with E-state index in [2.05, 4.69) is 16.9 Å². The first-order valence-corrected chi connectivity index (χ1v) is 6.68. The van der Waals surface area contributed by atoms with Crippen LogP contribution in [0.5, 0.6) is 0 Å². The summed E-state index contributed by atoms with van der Waals surface area (Å²) in [5.41, 5.74) is 3.49. The van der Waals surface area contributed by atoms with Gasteiger partial charge in [-0.3, -0.25) is 4.98 Å². The first-order chi connectivity index (χ1) is 9.75. The Morgan fingerprint density at radius 1 is 1.00 bits per heavy atom. The van der Waals surface area contributed by atoms with Crippen LogP contribution >= 0.6 is 11.6 Å². The highest BCUT2D eigenvalue weighted by molar-refractivity contribution is 6.32. The molecule has 0 aliphatic carbocycles. The van der Waals surface area contributed by atoms with Crippen LogP contribution in [0.2, 0.25) is 5.02 Å². The van der Waals surface area contributed by atoms with Crippen LogP contribution in [0.1, 0.15) is 5.56 Å². The van der Waals surface area contributed by atoms with Crippen molar-refractivity contribution >= 4 is 33.9 Å². The molecule has 20 heavy (non-hydrogen) atoms. The Morgan fingerprint density at radius 2 is 1.80 bits per heavy atom. The number of hydrogen-bond acceptors (Lipinski definition) is 2. The molecule has 2 aromatic carbocycles. The summed E-state index contributed by atoms with van der Waals surface area (Å²) in [6, 6.07) is 17.6. The summed E-state index contributed by atoms with van der Waals surface area (Å²) in [6.07, 6.45) is 1.78. The van der Waals surface area contributed by atoms with Gasteiger partial charge in [-0.2, -0.15) is 0 Å². The molecular weight excluding hydrogens is 268 g/mol. The molecule has 3 rings (SSSR count). The average Bonchev–Trinajstić information content (AvgIpc) is 2.48. The largest absolute Gasteiger partial charge is 0.354 e. The Morgan fingerprint density at radius 3 is 2.65 bits per heavy atom. The molecule has 0 fully saturated rings. The third kappa shape index (κ3) is 2.38. The summed E-state index contributed by atoms with van der Waals surface area (Å²) in [4.78, 5) is 4.41. The molecule has 0 unspecified atom stereocenters. The second-order valence-corrected chi connectivity index (χ2v) is 4.87. The van der Waals surface area contributed by atoms with Gasteiger partial charge in [-0.25, -0.2) is 0 Å². The number of halogens is 1. The normalized spacial score (nSPS) is 10.4. The zero-order valence-electron chi connectivity index (χ0n) is 10.8. The van der Waals surface area contributed by atoms with E-state index in [0.29, 0.717) is 5.02 Å². The van der Waals surface area contributed by atoms with Crippen molar-refractivity contribution in [1.82, 2.24) is 4.98 Å². The van der Waals surface area contributed by atoms with Gasteiger partial charge in [0.1, 0.15) is 0 Å². The Hall–Kier alpha value is -2.32. The van der Waals surface area contributed by atoms with Gasteiger partial charge in [-0.1, -0.05) is 54.6 Å². The van der Waals surface area contributed by atoms with E-state index in [1.54, 1.807) is 6.20 Å². The fraction of sp³-hybridized carbons (Fsp3) is 0. The lowest BCUT2D eigenvalue weighted by molar-refractivity contribution is 1.40. The first kappa shape index (κ1) is 12.7. The molecule has 0 bridgehead atoms. The van der Waals surface area contributed by atoms with Gasteiger partial charge in [0.05, 0.1) is 11.2 Å². The van der Waals surface area contributed by atoms with Crippen molar-refractivity contribution in [3.05, 3.63) is 78.0 Å². The monoisotopic (exact) mass is 280 g/mol. The summed E-state index contributed by atoms with van der Waals surface area (Å²) in [6.45, 7) is 4.06. The van der Waals surface area contributed by atoms with E-state index >= 15 is 0 Å². The predicted molar refractivity (Wildman–Crippen MR) is 85.9 cm³/mol. The van der Waals surface area contributed by atoms with E-state index in [-0.39, 0.29) is 0 Å². The van der Waals surface area contributed by atoms with Crippen LogP contribution in [0.3, 0.4) is 0 Å². The topological polar surface area (TPSA) is 24.9 Å².